The van der Waals surface area contributed by atoms with E-state index in [-0.39, 0.29) is 12.2 Å². The maximum Gasteiger partial charge on any atom is 0.453 e. The van der Waals surface area contributed by atoms with Crippen molar-refractivity contribution >= 4 is 0 Å². The third-order valence-electron chi connectivity index (χ3n) is 1.29. The summed E-state index contributed by atoms with van der Waals surface area (Å²) in [6, 6.07) is 0. The molecule has 0 saturated heterocycles. The average Bonchev–Trinajstić information content (AvgIpc) is 2.47. The number of alkyl halides is 3. The highest BCUT2D eigenvalue weighted by Crippen LogP contribution is 2.25. The Labute approximate surface area is 72.4 Å². The molecule has 3 nitrogen and oxygen atoms in total. The van der Waals surface area contributed by atoms with Crippen LogP contribution in [0, 0.1) is 12.3 Å². The van der Waals surface area contributed by atoms with E-state index in [0.717, 1.165) is 0 Å². The number of terminal acetylenes is 1. The van der Waals surface area contributed by atoms with Gasteiger partial charge in [-0.3, -0.25) is 5.10 Å². The van der Waals surface area contributed by atoms with Crippen molar-refractivity contribution in [1.82, 2.24) is 15.2 Å². The quantitative estimate of drug-likeness (QED) is 0.714. The first-order valence-corrected chi connectivity index (χ1v) is 3.46. The van der Waals surface area contributed by atoms with E-state index in [1.165, 1.54) is 0 Å². The van der Waals surface area contributed by atoms with Gasteiger partial charge in [0.1, 0.15) is 5.82 Å². The lowest BCUT2D eigenvalue weighted by Gasteiger charge is -1.97. The van der Waals surface area contributed by atoms with Crippen molar-refractivity contribution in [3.05, 3.63) is 11.6 Å². The maximum absolute atomic E-state index is 11.9. The zero-order valence-corrected chi connectivity index (χ0v) is 6.52. The summed E-state index contributed by atoms with van der Waals surface area (Å²) in [5, 5.41) is 5.18. The van der Waals surface area contributed by atoms with Gasteiger partial charge >= 0.3 is 6.18 Å². The van der Waals surface area contributed by atoms with Crippen molar-refractivity contribution in [1.29, 1.82) is 0 Å². The lowest BCUT2D eigenvalue weighted by molar-refractivity contribution is -0.144. The maximum atomic E-state index is 11.9. The number of nitrogens with zero attached hydrogens (tertiary/aromatic N) is 2. The average molecular weight is 189 g/mol. The molecule has 1 rings (SSSR count). The molecule has 1 N–H and O–H groups in total. The highest BCUT2D eigenvalue weighted by atomic mass is 19.4. The third-order valence-corrected chi connectivity index (χ3v) is 1.29. The molecule has 0 spiro atoms. The summed E-state index contributed by atoms with van der Waals surface area (Å²) in [6.07, 6.45) is 1.06. The molecule has 0 bridgehead atoms. The first-order chi connectivity index (χ1) is 6.04. The van der Waals surface area contributed by atoms with E-state index in [0.29, 0.717) is 6.42 Å². The molecular weight excluding hydrogens is 183 g/mol. The number of aromatic amines is 1. The molecule has 13 heavy (non-hydrogen) atoms. The second kappa shape index (κ2) is 3.47. The van der Waals surface area contributed by atoms with Crippen molar-refractivity contribution in [2.24, 2.45) is 0 Å². The molecular formula is C7H6F3N3. The third kappa shape index (κ3) is 2.47. The van der Waals surface area contributed by atoms with Crippen LogP contribution in [-0.2, 0) is 12.6 Å². The molecule has 6 heteroatoms. The molecule has 0 amide bonds. The molecule has 0 aliphatic carbocycles. The highest BCUT2D eigenvalue weighted by Gasteiger charge is 2.35. The molecule has 0 aliphatic rings. The van der Waals surface area contributed by atoms with Crippen molar-refractivity contribution in [2.45, 2.75) is 19.0 Å². The fraction of sp³-hybridized carbons (Fsp3) is 0.429. The zero-order chi connectivity index (χ0) is 9.90. The summed E-state index contributed by atoms with van der Waals surface area (Å²) in [6.45, 7) is 0. The Morgan fingerprint density at radius 3 is 2.62 bits per heavy atom. The highest BCUT2D eigenvalue weighted by molar-refractivity contribution is 4.97. The molecule has 1 aromatic heterocycles. The van der Waals surface area contributed by atoms with Crippen LogP contribution in [0.2, 0.25) is 0 Å². The largest absolute Gasteiger partial charge is 0.453 e. The van der Waals surface area contributed by atoms with Crippen LogP contribution in [0.3, 0.4) is 0 Å². The second-order valence-electron chi connectivity index (χ2n) is 2.31. The predicted molar refractivity (Wildman–Crippen MR) is 38.5 cm³/mol. The van der Waals surface area contributed by atoms with Crippen molar-refractivity contribution < 1.29 is 13.2 Å². The summed E-state index contributed by atoms with van der Waals surface area (Å²) in [5.74, 6) is 1.30. The van der Waals surface area contributed by atoms with Crippen LogP contribution < -0.4 is 0 Å². The minimum absolute atomic E-state index is 0.158. The molecule has 0 saturated carbocycles. The summed E-state index contributed by atoms with van der Waals surface area (Å²) >= 11 is 0. The van der Waals surface area contributed by atoms with E-state index < -0.39 is 12.0 Å². The van der Waals surface area contributed by atoms with Crippen LogP contribution in [0.15, 0.2) is 0 Å². The lowest BCUT2D eigenvalue weighted by atomic mass is 10.3. The monoisotopic (exact) mass is 189 g/mol. The van der Waals surface area contributed by atoms with Crippen LogP contribution in [0.5, 0.6) is 0 Å². The van der Waals surface area contributed by atoms with Gasteiger partial charge in [-0.15, -0.1) is 17.4 Å². The lowest BCUT2D eigenvalue weighted by Crippen LogP contribution is -2.07. The Hall–Kier alpha value is -1.51. The van der Waals surface area contributed by atoms with Crippen LogP contribution in [0.25, 0.3) is 0 Å². The van der Waals surface area contributed by atoms with E-state index in [2.05, 4.69) is 21.1 Å². The standard InChI is InChI=1S/C7H6F3N3/c1-2-3-4-5-11-6(13-12-5)7(8,9)10/h1H,3-4H2,(H,11,12,13). The van der Waals surface area contributed by atoms with E-state index in [1.54, 1.807) is 0 Å². The Morgan fingerprint density at radius 1 is 1.46 bits per heavy atom. The predicted octanol–water partition coefficient (Wildman–Crippen LogP) is 1.39. The molecule has 0 atom stereocenters. The smallest absolute Gasteiger partial charge is 0.263 e. The number of H-pyrrole nitrogens is 1. The van der Waals surface area contributed by atoms with Gasteiger partial charge in [0, 0.05) is 12.8 Å². The Bertz CT molecular complexity index is 320. The number of halogens is 3. The number of hydrogen-bond acceptors (Lipinski definition) is 2. The minimum atomic E-state index is -4.50. The molecule has 0 radical (unpaired) electrons. The van der Waals surface area contributed by atoms with Gasteiger partial charge in [0.05, 0.1) is 0 Å². The molecule has 0 unspecified atom stereocenters. The number of rotatable bonds is 2. The fourth-order valence-electron chi connectivity index (χ4n) is 0.724. The molecule has 0 fully saturated rings. The van der Waals surface area contributed by atoms with E-state index in [4.69, 9.17) is 6.42 Å². The number of hydrogen-bond donors (Lipinski definition) is 1. The Morgan fingerprint density at radius 2 is 2.15 bits per heavy atom. The van der Waals surface area contributed by atoms with E-state index in [9.17, 15) is 13.2 Å². The van der Waals surface area contributed by atoms with Crippen molar-refractivity contribution in [3.63, 3.8) is 0 Å². The minimum Gasteiger partial charge on any atom is -0.263 e. The van der Waals surface area contributed by atoms with E-state index in [1.807, 2.05) is 0 Å². The Kier molecular flexibility index (Phi) is 2.56. The van der Waals surface area contributed by atoms with Crippen molar-refractivity contribution in [2.75, 3.05) is 0 Å². The van der Waals surface area contributed by atoms with Crippen LogP contribution >= 0.6 is 0 Å². The van der Waals surface area contributed by atoms with E-state index >= 15 is 0 Å². The van der Waals surface area contributed by atoms with Gasteiger partial charge in [-0.05, 0) is 0 Å². The van der Waals surface area contributed by atoms with Crippen LogP contribution in [0.1, 0.15) is 18.1 Å². The van der Waals surface area contributed by atoms with Crippen LogP contribution in [0.4, 0.5) is 13.2 Å². The fourth-order valence-corrected chi connectivity index (χ4v) is 0.724. The van der Waals surface area contributed by atoms with Gasteiger partial charge in [-0.2, -0.15) is 13.2 Å². The molecule has 1 heterocycles. The number of aromatic nitrogens is 3. The molecule has 70 valence electrons. The summed E-state index contributed by atoms with van der Waals surface area (Å²) in [5.41, 5.74) is 0. The number of nitrogens with one attached hydrogen (secondary N) is 1. The number of aryl methyl sites for hydroxylation is 1. The first-order valence-electron chi connectivity index (χ1n) is 3.46. The topological polar surface area (TPSA) is 41.6 Å². The Balaban J connectivity index is 2.71. The normalized spacial score (nSPS) is 11.2. The van der Waals surface area contributed by atoms with Gasteiger partial charge in [0.15, 0.2) is 0 Å². The van der Waals surface area contributed by atoms with Gasteiger partial charge in [0.2, 0.25) is 0 Å². The molecule has 0 aromatic carbocycles. The molecule has 1 aromatic rings. The summed E-state index contributed by atoms with van der Waals surface area (Å²) in [4.78, 5) is 3.23. The second-order valence-corrected chi connectivity index (χ2v) is 2.31. The van der Waals surface area contributed by atoms with Gasteiger partial charge in [-0.25, -0.2) is 4.98 Å². The van der Waals surface area contributed by atoms with Gasteiger partial charge < -0.3 is 0 Å². The van der Waals surface area contributed by atoms with Crippen LogP contribution in [-0.4, -0.2) is 15.2 Å². The summed E-state index contributed by atoms with van der Waals surface area (Å²) < 4.78 is 35.8. The molecule has 0 aliphatic heterocycles. The summed E-state index contributed by atoms with van der Waals surface area (Å²) in [7, 11) is 0. The van der Waals surface area contributed by atoms with Gasteiger partial charge in [-0.1, -0.05) is 0 Å². The zero-order valence-electron chi connectivity index (χ0n) is 6.52. The first kappa shape index (κ1) is 9.58. The SMILES string of the molecule is C#CCCc1nc(C(F)(F)F)n[nH]1. The van der Waals surface area contributed by atoms with Gasteiger partial charge in [0.25, 0.3) is 5.82 Å². The van der Waals surface area contributed by atoms with Crippen molar-refractivity contribution in [3.8, 4) is 12.3 Å².